The largest absolute Gasteiger partial charge is 0.341 e. The molecule has 1 aromatic carbocycles. The third kappa shape index (κ3) is 3.92. The molecular formula is C19H26N2O2. The van der Waals surface area contributed by atoms with Gasteiger partial charge in [0, 0.05) is 19.0 Å². The van der Waals surface area contributed by atoms with Crippen molar-refractivity contribution >= 4 is 11.8 Å². The lowest BCUT2D eigenvalue weighted by molar-refractivity contribution is -0.137. The van der Waals surface area contributed by atoms with Gasteiger partial charge in [-0.25, -0.2) is 0 Å². The van der Waals surface area contributed by atoms with Crippen LogP contribution in [0.3, 0.4) is 0 Å². The number of carbonyl (C=O) groups excluding carboxylic acids is 2. The molecular weight excluding hydrogens is 288 g/mol. The fourth-order valence-corrected chi connectivity index (χ4v) is 3.68. The Bertz CT molecular complexity index is 532. The monoisotopic (exact) mass is 314 g/mol. The summed E-state index contributed by atoms with van der Waals surface area (Å²) in [6.45, 7) is 1.61. The van der Waals surface area contributed by atoms with E-state index in [-0.39, 0.29) is 17.7 Å². The molecule has 3 rings (SSSR count). The van der Waals surface area contributed by atoms with E-state index < -0.39 is 6.04 Å². The third-order valence-electron chi connectivity index (χ3n) is 5.06. The van der Waals surface area contributed by atoms with E-state index >= 15 is 0 Å². The molecule has 1 aromatic rings. The van der Waals surface area contributed by atoms with Gasteiger partial charge in [0.15, 0.2) is 0 Å². The Kier molecular flexibility index (Phi) is 5.31. The van der Waals surface area contributed by atoms with Gasteiger partial charge in [-0.1, -0.05) is 49.6 Å². The van der Waals surface area contributed by atoms with E-state index in [1.807, 2.05) is 35.2 Å². The van der Waals surface area contributed by atoms with Gasteiger partial charge in [0.25, 0.3) is 0 Å². The molecule has 1 saturated heterocycles. The maximum Gasteiger partial charge on any atom is 0.249 e. The van der Waals surface area contributed by atoms with E-state index in [0.29, 0.717) is 0 Å². The molecule has 23 heavy (non-hydrogen) atoms. The first-order valence-corrected chi connectivity index (χ1v) is 8.90. The maximum absolute atomic E-state index is 12.9. The highest BCUT2D eigenvalue weighted by atomic mass is 16.2. The molecule has 1 heterocycles. The minimum Gasteiger partial charge on any atom is -0.341 e. The molecule has 1 atom stereocenters. The molecule has 4 nitrogen and oxygen atoms in total. The van der Waals surface area contributed by atoms with Gasteiger partial charge in [-0.3, -0.25) is 9.59 Å². The number of likely N-dealkylation sites (tertiary alicyclic amines) is 1. The van der Waals surface area contributed by atoms with Gasteiger partial charge in [-0.05, 0) is 31.2 Å². The average molecular weight is 314 g/mol. The molecule has 4 heteroatoms. The van der Waals surface area contributed by atoms with Crippen molar-refractivity contribution < 1.29 is 9.59 Å². The fourth-order valence-electron chi connectivity index (χ4n) is 3.68. The van der Waals surface area contributed by atoms with Crippen LogP contribution >= 0.6 is 0 Å². The average Bonchev–Trinajstić information content (AvgIpc) is 3.15. The van der Waals surface area contributed by atoms with Gasteiger partial charge in [-0.2, -0.15) is 0 Å². The molecule has 0 radical (unpaired) electrons. The summed E-state index contributed by atoms with van der Waals surface area (Å²) >= 11 is 0. The highest BCUT2D eigenvalue weighted by Crippen LogP contribution is 2.26. The van der Waals surface area contributed by atoms with E-state index in [1.165, 1.54) is 6.42 Å². The molecule has 2 aliphatic rings. The first-order valence-electron chi connectivity index (χ1n) is 8.90. The SMILES string of the molecule is O=C(N[C@H](C(=O)N1CCCC1)c1ccccc1)C1CCCCC1. The van der Waals surface area contributed by atoms with Crippen molar-refractivity contribution in [2.45, 2.75) is 51.0 Å². The van der Waals surface area contributed by atoms with Crippen LogP contribution < -0.4 is 5.32 Å². The summed E-state index contributed by atoms with van der Waals surface area (Å²) in [4.78, 5) is 27.4. The van der Waals surface area contributed by atoms with Gasteiger partial charge >= 0.3 is 0 Å². The molecule has 1 aliphatic carbocycles. The van der Waals surface area contributed by atoms with Crippen molar-refractivity contribution in [2.24, 2.45) is 5.92 Å². The summed E-state index contributed by atoms with van der Waals surface area (Å²) in [7, 11) is 0. The third-order valence-corrected chi connectivity index (χ3v) is 5.06. The second kappa shape index (κ2) is 7.62. The Labute approximate surface area is 138 Å². The van der Waals surface area contributed by atoms with Crippen LogP contribution in [0.4, 0.5) is 0 Å². The predicted octanol–water partition coefficient (Wildman–Crippen LogP) is 3.05. The smallest absolute Gasteiger partial charge is 0.249 e. The minimum absolute atomic E-state index is 0.0397. The van der Waals surface area contributed by atoms with Crippen LogP contribution in [0.25, 0.3) is 0 Å². The summed E-state index contributed by atoms with van der Waals surface area (Å²) in [6, 6.07) is 9.10. The van der Waals surface area contributed by atoms with Crippen LogP contribution in [0.1, 0.15) is 56.6 Å². The van der Waals surface area contributed by atoms with Crippen molar-refractivity contribution in [1.29, 1.82) is 0 Å². The van der Waals surface area contributed by atoms with Crippen molar-refractivity contribution in [3.8, 4) is 0 Å². The number of amides is 2. The zero-order valence-electron chi connectivity index (χ0n) is 13.7. The van der Waals surface area contributed by atoms with E-state index in [9.17, 15) is 9.59 Å². The molecule has 1 N–H and O–H groups in total. The predicted molar refractivity (Wildman–Crippen MR) is 89.7 cm³/mol. The summed E-state index contributed by atoms with van der Waals surface area (Å²) in [5.41, 5.74) is 0.883. The van der Waals surface area contributed by atoms with Crippen LogP contribution in [0.15, 0.2) is 30.3 Å². The molecule has 0 bridgehead atoms. The first kappa shape index (κ1) is 16.0. The van der Waals surface area contributed by atoms with Crippen LogP contribution in [0, 0.1) is 5.92 Å². The molecule has 1 aliphatic heterocycles. The van der Waals surface area contributed by atoms with E-state index in [4.69, 9.17) is 0 Å². The van der Waals surface area contributed by atoms with E-state index in [2.05, 4.69) is 5.32 Å². The Morgan fingerprint density at radius 3 is 2.26 bits per heavy atom. The van der Waals surface area contributed by atoms with Gasteiger partial charge in [0.1, 0.15) is 6.04 Å². The first-order chi connectivity index (χ1) is 11.3. The number of rotatable bonds is 4. The molecule has 0 spiro atoms. The number of nitrogens with one attached hydrogen (secondary N) is 1. The lowest BCUT2D eigenvalue weighted by Crippen LogP contribution is -2.44. The van der Waals surface area contributed by atoms with Crippen molar-refractivity contribution in [3.05, 3.63) is 35.9 Å². The van der Waals surface area contributed by atoms with Gasteiger partial charge in [0.05, 0.1) is 0 Å². The number of hydrogen-bond acceptors (Lipinski definition) is 2. The van der Waals surface area contributed by atoms with Crippen LogP contribution in [0.2, 0.25) is 0 Å². The Balaban J connectivity index is 1.74. The van der Waals surface area contributed by atoms with Gasteiger partial charge < -0.3 is 10.2 Å². The zero-order chi connectivity index (χ0) is 16.1. The van der Waals surface area contributed by atoms with Crippen molar-refractivity contribution in [2.75, 3.05) is 13.1 Å². The number of hydrogen-bond donors (Lipinski definition) is 1. The second-order valence-electron chi connectivity index (χ2n) is 6.72. The normalized spacial score (nSPS) is 20.3. The summed E-state index contributed by atoms with van der Waals surface area (Å²) < 4.78 is 0. The molecule has 0 unspecified atom stereocenters. The van der Waals surface area contributed by atoms with Gasteiger partial charge in [-0.15, -0.1) is 0 Å². The lowest BCUT2D eigenvalue weighted by Gasteiger charge is -2.27. The minimum atomic E-state index is -0.538. The number of nitrogens with zero attached hydrogens (tertiary/aromatic N) is 1. The summed E-state index contributed by atoms with van der Waals surface area (Å²) in [5, 5.41) is 3.05. The highest BCUT2D eigenvalue weighted by molar-refractivity contribution is 5.89. The fraction of sp³-hybridized carbons (Fsp3) is 0.579. The van der Waals surface area contributed by atoms with E-state index in [0.717, 1.165) is 57.2 Å². The molecule has 2 amide bonds. The maximum atomic E-state index is 12.9. The van der Waals surface area contributed by atoms with Crippen LogP contribution in [-0.2, 0) is 9.59 Å². The van der Waals surface area contributed by atoms with Gasteiger partial charge in [0.2, 0.25) is 11.8 Å². The second-order valence-corrected chi connectivity index (χ2v) is 6.72. The Morgan fingerprint density at radius 1 is 0.957 bits per heavy atom. The van der Waals surface area contributed by atoms with E-state index in [1.54, 1.807) is 0 Å². The molecule has 124 valence electrons. The van der Waals surface area contributed by atoms with Crippen LogP contribution in [-0.4, -0.2) is 29.8 Å². The Morgan fingerprint density at radius 2 is 1.61 bits per heavy atom. The highest BCUT2D eigenvalue weighted by Gasteiger charge is 2.31. The Hall–Kier alpha value is -1.84. The summed E-state index contributed by atoms with van der Waals surface area (Å²) in [5.74, 6) is 0.158. The quantitative estimate of drug-likeness (QED) is 0.928. The molecule has 0 aromatic heterocycles. The van der Waals surface area contributed by atoms with Crippen molar-refractivity contribution in [1.82, 2.24) is 10.2 Å². The number of carbonyl (C=O) groups is 2. The standard InChI is InChI=1S/C19H26N2O2/c22-18(16-11-5-2-6-12-16)20-17(15-9-3-1-4-10-15)19(23)21-13-7-8-14-21/h1,3-4,9-10,16-17H,2,5-8,11-14H2,(H,20,22)/t17-/m0/s1. The summed E-state index contributed by atoms with van der Waals surface area (Å²) in [6.07, 6.45) is 7.48. The zero-order valence-corrected chi connectivity index (χ0v) is 13.7. The molecule has 2 fully saturated rings. The number of benzene rings is 1. The van der Waals surface area contributed by atoms with Crippen LogP contribution in [0.5, 0.6) is 0 Å². The van der Waals surface area contributed by atoms with Crippen molar-refractivity contribution in [3.63, 3.8) is 0 Å². The lowest BCUT2D eigenvalue weighted by atomic mass is 9.88. The molecule has 1 saturated carbocycles. The topological polar surface area (TPSA) is 49.4 Å².